The molecule has 1 amide bonds. The molecule has 0 spiro atoms. The first-order chi connectivity index (χ1) is 5.88. The van der Waals surface area contributed by atoms with Crippen LogP contribution in [0.5, 0.6) is 0 Å². The van der Waals surface area contributed by atoms with E-state index in [9.17, 15) is 4.79 Å². The third-order valence-electron chi connectivity index (χ3n) is 2.78. The molecule has 2 fully saturated rings. The number of carbonyl (C=O) groups is 1. The monoisotopic (exact) mass is 185 g/mol. The van der Waals surface area contributed by atoms with Crippen molar-refractivity contribution in [3.05, 3.63) is 0 Å². The van der Waals surface area contributed by atoms with Gasteiger partial charge in [-0.2, -0.15) is 11.8 Å². The Kier molecular flexibility index (Phi) is 2.59. The minimum atomic E-state index is 0.396. The van der Waals surface area contributed by atoms with Crippen LogP contribution in [0.3, 0.4) is 0 Å². The molecule has 2 rings (SSSR count). The van der Waals surface area contributed by atoms with E-state index >= 15 is 0 Å². The third kappa shape index (κ3) is 1.60. The lowest BCUT2D eigenvalue weighted by atomic mass is 9.84. The number of carbonyl (C=O) groups excluding carboxylic acids is 1. The lowest BCUT2D eigenvalue weighted by Crippen LogP contribution is -2.43. The van der Waals surface area contributed by atoms with Crippen LogP contribution in [0.25, 0.3) is 0 Å². The number of hydrogen-bond donors (Lipinski definition) is 0. The highest BCUT2D eigenvalue weighted by molar-refractivity contribution is 7.99. The number of hydrogen-bond acceptors (Lipinski definition) is 2. The zero-order chi connectivity index (χ0) is 8.39. The van der Waals surface area contributed by atoms with Crippen molar-refractivity contribution >= 4 is 17.7 Å². The summed E-state index contributed by atoms with van der Waals surface area (Å²) in [5.74, 6) is 3.10. The Morgan fingerprint density at radius 2 is 1.92 bits per heavy atom. The summed E-state index contributed by atoms with van der Waals surface area (Å²) in [6, 6.07) is 0. The van der Waals surface area contributed by atoms with Gasteiger partial charge in [0, 0.05) is 30.5 Å². The molecule has 2 nitrogen and oxygen atoms in total. The second kappa shape index (κ2) is 3.69. The van der Waals surface area contributed by atoms with Gasteiger partial charge in [0.05, 0.1) is 0 Å². The summed E-state index contributed by atoms with van der Waals surface area (Å²) in [5, 5.41) is 0. The predicted molar refractivity (Wildman–Crippen MR) is 51.2 cm³/mol. The van der Waals surface area contributed by atoms with Gasteiger partial charge in [-0.3, -0.25) is 4.79 Å². The van der Waals surface area contributed by atoms with E-state index in [1.165, 1.54) is 6.42 Å². The van der Waals surface area contributed by atoms with Gasteiger partial charge in [-0.05, 0) is 12.8 Å². The van der Waals surface area contributed by atoms with Gasteiger partial charge in [-0.15, -0.1) is 0 Å². The SMILES string of the molecule is O=C(C1CCC1)N1CCSCC1. The molecule has 0 bridgehead atoms. The van der Waals surface area contributed by atoms with Crippen molar-refractivity contribution in [3.8, 4) is 0 Å². The molecule has 3 heteroatoms. The summed E-state index contributed by atoms with van der Waals surface area (Å²) in [6.07, 6.45) is 3.55. The number of amides is 1. The summed E-state index contributed by atoms with van der Waals surface area (Å²) in [6.45, 7) is 1.97. The van der Waals surface area contributed by atoms with Gasteiger partial charge in [0.1, 0.15) is 0 Å². The van der Waals surface area contributed by atoms with Crippen LogP contribution in [0.1, 0.15) is 19.3 Å². The number of rotatable bonds is 1. The Bertz CT molecular complexity index is 173. The topological polar surface area (TPSA) is 20.3 Å². The maximum Gasteiger partial charge on any atom is 0.225 e. The number of thioether (sulfide) groups is 1. The van der Waals surface area contributed by atoms with Crippen LogP contribution in [0, 0.1) is 5.92 Å². The normalized spacial score (nSPS) is 25.2. The quantitative estimate of drug-likeness (QED) is 0.615. The highest BCUT2D eigenvalue weighted by Crippen LogP contribution is 2.28. The summed E-state index contributed by atoms with van der Waals surface area (Å²) in [5.41, 5.74) is 0. The standard InChI is InChI=1S/C9H15NOS/c11-9(8-2-1-3-8)10-4-6-12-7-5-10/h8H,1-7H2. The molecule has 68 valence electrons. The average molecular weight is 185 g/mol. The van der Waals surface area contributed by atoms with Crippen molar-refractivity contribution in [2.75, 3.05) is 24.6 Å². The van der Waals surface area contributed by atoms with Crippen LogP contribution < -0.4 is 0 Å². The highest BCUT2D eigenvalue weighted by atomic mass is 32.2. The van der Waals surface area contributed by atoms with Gasteiger partial charge in [0.15, 0.2) is 0 Å². The number of nitrogens with zero attached hydrogens (tertiary/aromatic N) is 1. The van der Waals surface area contributed by atoms with Gasteiger partial charge in [0.2, 0.25) is 5.91 Å². The Morgan fingerprint density at radius 3 is 2.42 bits per heavy atom. The van der Waals surface area contributed by atoms with Crippen molar-refractivity contribution in [1.29, 1.82) is 0 Å². The van der Waals surface area contributed by atoms with E-state index in [1.807, 2.05) is 11.8 Å². The lowest BCUT2D eigenvalue weighted by Gasteiger charge is -2.33. The highest BCUT2D eigenvalue weighted by Gasteiger charge is 2.29. The molecule has 0 aromatic heterocycles. The van der Waals surface area contributed by atoms with Crippen molar-refractivity contribution in [2.45, 2.75) is 19.3 Å². The van der Waals surface area contributed by atoms with Crippen molar-refractivity contribution < 1.29 is 4.79 Å². The summed E-state index contributed by atoms with van der Waals surface area (Å²) < 4.78 is 0. The lowest BCUT2D eigenvalue weighted by molar-refractivity contribution is -0.137. The van der Waals surface area contributed by atoms with Gasteiger partial charge in [-0.25, -0.2) is 0 Å². The Hall–Kier alpha value is -0.180. The molecule has 0 aromatic carbocycles. The molecular weight excluding hydrogens is 170 g/mol. The molecule has 1 saturated carbocycles. The first-order valence-corrected chi connectivity index (χ1v) is 5.90. The Labute approximate surface area is 77.7 Å². The summed E-state index contributed by atoms with van der Waals surface area (Å²) in [4.78, 5) is 13.8. The molecule has 12 heavy (non-hydrogen) atoms. The van der Waals surface area contributed by atoms with Crippen LogP contribution >= 0.6 is 11.8 Å². The molecule has 0 radical (unpaired) electrons. The largest absolute Gasteiger partial charge is 0.341 e. The van der Waals surface area contributed by atoms with Crippen molar-refractivity contribution in [1.82, 2.24) is 4.90 Å². The molecule has 1 aliphatic heterocycles. The van der Waals surface area contributed by atoms with Gasteiger partial charge in [-0.1, -0.05) is 6.42 Å². The van der Waals surface area contributed by atoms with Crippen molar-refractivity contribution in [2.24, 2.45) is 5.92 Å². The van der Waals surface area contributed by atoms with Gasteiger partial charge < -0.3 is 4.90 Å². The molecule has 0 aromatic rings. The van der Waals surface area contributed by atoms with Crippen LogP contribution in [0.15, 0.2) is 0 Å². The Balaban J connectivity index is 1.84. The van der Waals surface area contributed by atoms with Crippen molar-refractivity contribution in [3.63, 3.8) is 0 Å². The molecule has 1 heterocycles. The molecular formula is C9H15NOS. The minimum absolute atomic E-state index is 0.396. The van der Waals surface area contributed by atoms with E-state index in [1.54, 1.807) is 0 Å². The second-order valence-corrected chi connectivity index (χ2v) is 4.79. The fourth-order valence-corrected chi connectivity index (χ4v) is 2.60. The molecule has 1 saturated heterocycles. The van der Waals surface area contributed by atoms with Gasteiger partial charge in [0.25, 0.3) is 0 Å². The zero-order valence-corrected chi connectivity index (χ0v) is 8.11. The molecule has 1 aliphatic carbocycles. The fraction of sp³-hybridized carbons (Fsp3) is 0.889. The van der Waals surface area contributed by atoms with E-state index < -0.39 is 0 Å². The van der Waals surface area contributed by atoms with Gasteiger partial charge >= 0.3 is 0 Å². The summed E-state index contributed by atoms with van der Waals surface area (Å²) >= 11 is 1.96. The first kappa shape index (κ1) is 8.42. The van der Waals surface area contributed by atoms with Crippen LogP contribution in [-0.2, 0) is 4.79 Å². The first-order valence-electron chi connectivity index (χ1n) is 4.74. The second-order valence-electron chi connectivity index (χ2n) is 3.57. The predicted octanol–water partition coefficient (Wildman–Crippen LogP) is 1.36. The molecule has 0 unspecified atom stereocenters. The third-order valence-corrected chi connectivity index (χ3v) is 3.72. The average Bonchev–Trinajstić information content (AvgIpc) is 2.03. The zero-order valence-electron chi connectivity index (χ0n) is 7.29. The maximum absolute atomic E-state index is 11.7. The molecule has 0 atom stereocenters. The van der Waals surface area contributed by atoms with Crippen LogP contribution in [-0.4, -0.2) is 35.4 Å². The van der Waals surface area contributed by atoms with E-state index in [2.05, 4.69) is 4.90 Å². The van der Waals surface area contributed by atoms with E-state index in [-0.39, 0.29) is 0 Å². The molecule has 0 N–H and O–H groups in total. The van der Waals surface area contributed by atoms with Crippen LogP contribution in [0.4, 0.5) is 0 Å². The van der Waals surface area contributed by atoms with Crippen LogP contribution in [0.2, 0.25) is 0 Å². The maximum atomic E-state index is 11.7. The van der Waals surface area contributed by atoms with E-state index in [4.69, 9.17) is 0 Å². The molecule has 2 aliphatic rings. The minimum Gasteiger partial charge on any atom is -0.341 e. The van der Waals surface area contributed by atoms with E-state index in [0.29, 0.717) is 11.8 Å². The fourth-order valence-electron chi connectivity index (χ4n) is 1.70. The summed E-state index contributed by atoms with van der Waals surface area (Å²) in [7, 11) is 0. The Morgan fingerprint density at radius 1 is 1.25 bits per heavy atom. The smallest absolute Gasteiger partial charge is 0.225 e. The van der Waals surface area contributed by atoms with E-state index in [0.717, 1.165) is 37.4 Å².